The maximum absolute atomic E-state index is 13.8. The molecule has 0 saturated carbocycles. The minimum absolute atomic E-state index is 0.144. The molecule has 1 aromatic heterocycles. The number of carbonyl (C=O) groups is 1. The number of furan rings is 1. The number of piperazine rings is 1. The van der Waals surface area contributed by atoms with Gasteiger partial charge in [-0.3, -0.25) is 9.69 Å². The molecule has 0 aliphatic carbocycles. The van der Waals surface area contributed by atoms with E-state index in [1.807, 2.05) is 36.4 Å². The molecule has 3 aromatic rings. The average Bonchev–Trinajstić information content (AvgIpc) is 3.17. The zero-order valence-corrected chi connectivity index (χ0v) is 17.4. The van der Waals surface area contributed by atoms with Crippen LogP contribution in [0.25, 0.3) is 0 Å². The number of hydrogen-bond donors (Lipinski definition) is 1. The van der Waals surface area contributed by atoms with Crippen LogP contribution in [-0.4, -0.2) is 37.0 Å². The quantitative estimate of drug-likeness (QED) is 0.600. The highest BCUT2D eigenvalue weighted by Crippen LogP contribution is 2.22. The van der Waals surface area contributed by atoms with Crippen LogP contribution in [0.4, 0.5) is 15.8 Å². The maximum Gasteiger partial charge on any atom is 0.291 e. The van der Waals surface area contributed by atoms with Gasteiger partial charge in [0.1, 0.15) is 5.82 Å². The molecule has 0 atom stereocenters. The summed E-state index contributed by atoms with van der Waals surface area (Å²) < 4.78 is 19.6. The van der Waals surface area contributed by atoms with Gasteiger partial charge in [-0.15, -0.1) is 0 Å². The van der Waals surface area contributed by atoms with Crippen molar-refractivity contribution in [1.82, 2.24) is 4.90 Å². The molecular weight excluding hydrogens is 437 g/mol. The third-order valence-electron chi connectivity index (χ3n) is 5.01. The van der Waals surface area contributed by atoms with E-state index in [0.29, 0.717) is 16.9 Å². The topological polar surface area (TPSA) is 48.7 Å². The largest absolute Gasteiger partial charge is 0.444 e. The number of halogens is 2. The molecule has 150 valence electrons. The summed E-state index contributed by atoms with van der Waals surface area (Å²) in [7, 11) is 0. The van der Waals surface area contributed by atoms with Gasteiger partial charge in [0, 0.05) is 49.7 Å². The number of nitrogens with one attached hydrogen (secondary N) is 1. The number of benzene rings is 2. The van der Waals surface area contributed by atoms with Gasteiger partial charge >= 0.3 is 0 Å². The van der Waals surface area contributed by atoms with Crippen LogP contribution in [0.3, 0.4) is 0 Å². The van der Waals surface area contributed by atoms with Gasteiger partial charge in [-0.05, 0) is 58.4 Å². The second kappa shape index (κ2) is 8.80. The summed E-state index contributed by atoms with van der Waals surface area (Å²) in [5, 5.41) is 2.83. The predicted molar refractivity (Wildman–Crippen MR) is 115 cm³/mol. The van der Waals surface area contributed by atoms with Crippen LogP contribution >= 0.6 is 15.9 Å². The monoisotopic (exact) mass is 457 g/mol. The van der Waals surface area contributed by atoms with Gasteiger partial charge in [-0.2, -0.15) is 0 Å². The number of hydrogen-bond acceptors (Lipinski definition) is 4. The minimum atomic E-state index is -0.287. The lowest BCUT2D eigenvalue weighted by Crippen LogP contribution is -2.46. The molecule has 0 spiro atoms. The molecule has 1 saturated heterocycles. The van der Waals surface area contributed by atoms with Crippen molar-refractivity contribution in [2.45, 2.75) is 6.54 Å². The summed E-state index contributed by atoms with van der Waals surface area (Å²) in [6, 6.07) is 18.0. The molecule has 29 heavy (non-hydrogen) atoms. The summed E-state index contributed by atoms with van der Waals surface area (Å²) in [6.45, 7) is 4.13. The van der Waals surface area contributed by atoms with Gasteiger partial charge in [0.2, 0.25) is 0 Å². The Bertz CT molecular complexity index is 982. The Balaban J connectivity index is 1.31. The lowest BCUT2D eigenvalue weighted by molar-refractivity contribution is 0.0995. The van der Waals surface area contributed by atoms with E-state index in [4.69, 9.17) is 4.42 Å². The lowest BCUT2D eigenvalue weighted by Gasteiger charge is -2.36. The third kappa shape index (κ3) is 4.86. The zero-order chi connectivity index (χ0) is 20.2. The summed E-state index contributed by atoms with van der Waals surface area (Å²) >= 11 is 3.19. The van der Waals surface area contributed by atoms with E-state index in [9.17, 15) is 9.18 Å². The van der Waals surface area contributed by atoms with Gasteiger partial charge in [0.15, 0.2) is 10.4 Å². The second-order valence-corrected chi connectivity index (χ2v) is 7.74. The molecule has 7 heteroatoms. The van der Waals surface area contributed by atoms with E-state index in [2.05, 4.69) is 31.0 Å². The highest BCUT2D eigenvalue weighted by molar-refractivity contribution is 9.10. The van der Waals surface area contributed by atoms with Crippen molar-refractivity contribution >= 4 is 33.2 Å². The van der Waals surface area contributed by atoms with E-state index in [-0.39, 0.29) is 17.5 Å². The van der Waals surface area contributed by atoms with E-state index in [1.54, 1.807) is 18.2 Å². The SMILES string of the molecule is O=C(Nc1ccc(N2CCN(Cc3ccccc3F)CC2)cc1)c1ccc(Br)o1. The Hall–Kier alpha value is -2.64. The molecule has 2 aromatic carbocycles. The minimum Gasteiger partial charge on any atom is -0.444 e. The summed E-state index contributed by atoms with van der Waals surface area (Å²) in [5.41, 5.74) is 2.56. The Labute approximate surface area is 177 Å². The molecule has 1 aliphatic heterocycles. The third-order valence-corrected chi connectivity index (χ3v) is 5.44. The van der Waals surface area contributed by atoms with Crippen LogP contribution in [-0.2, 0) is 6.54 Å². The number of rotatable bonds is 5. The lowest BCUT2D eigenvalue weighted by atomic mass is 10.1. The van der Waals surface area contributed by atoms with E-state index in [0.717, 1.165) is 37.4 Å². The molecule has 1 amide bonds. The van der Waals surface area contributed by atoms with Crippen molar-refractivity contribution in [2.75, 3.05) is 36.4 Å². The fourth-order valence-electron chi connectivity index (χ4n) is 3.42. The highest BCUT2D eigenvalue weighted by Gasteiger charge is 2.18. The van der Waals surface area contributed by atoms with E-state index in [1.165, 1.54) is 6.07 Å². The number of anilines is 2. The molecule has 1 N–H and O–H groups in total. The Morgan fingerprint density at radius 3 is 2.38 bits per heavy atom. The first kappa shape index (κ1) is 19.7. The van der Waals surface area contributed by atoms with Crippen molar-refractivity contribution in [3.05, 3.63) is 82.5 Å². The van der Waals surface area contributed by atoms with Crippen molar-refractivity contribution < 1.29 is 13.6 Å². The fourth-order valence-corrected chi connectivity index (χ4v) is 3.72. The van der Waals surface area contributed by atoms with Gasteiger partial charge in [0.05, 0.1) is 0 Å². The van der Waals surface area contributed by atoms with Crippen molar-refractivity contribution in [2.24, 2.45) is 0 Å². The Kier molecular flexibility index (Phi) is 5.97. The van der Waals surface area contributed by atoms with Gasteiger partial charge < -0.3 is 14.6 Å². The van der Waals surface area contributed by atoms with Crippen LogP contribution in [0.1, 0.15) is 16.1 Å². The molecule has 2 heterocycles. The first-order chi connectivity index (χ1) is 14.1. The molecule has 1 aliphatic rings. The van der Waals surface area contributed by atoms with Gasteiger partial charge in [-0.25, -0.2) is 4.39 Å². The molecule has 0 unspecified atom stereocenters. The zero-order valence-electron chi connectivity index (χ0n) is 15.8. The van der Waals surface area contributed by atoms with Gasteiger partial charge in [0.25, 0.3) is 5.91 Å². The number of nitrogens with zero attached hydrogens (tertiary/aromatic N) is 2. The molecule has 1 fully saturated rings. The normalized spacial score (nSPS) is 14.8. The highest BCUT2D eigenvalue weighted by atomic mass is 79.9. The maximum atomic E-state index is 13.8. The number of carbonyl (C=O) groups excluding carboxylic acids is 1. The predicted octanol–water partition coefficient (Wildman–Crippen LogP) is 4.76. The smallest absolute Gasteiger partial charge is 0.291 e. The molecule has 5 nitrogen and oxygen atoms in total. The molecule has 4 rings (SSSR count). The Morgan fingerprint density at radius 1 is 1.00 bits per heavy atom. The molecule has 0 bridgehead atoms. The summed E-state index contributed by atoms with van der Waals surface area (Å²) in [4.78, 5) is 16.7. The van der Waals surface area contributed by atoms with E-state index >= 15 is 0 Å². The fraction of sp³-hybridized carbons (Fsp3) is 0.227. The standard InChI is InChI=1S/C22H21BrFN3O2/c23-21-10-9-20(29-21)22(28)25-17-5-7-18(8-6-17)27-13-11-26(12-14-27)15-16-3-1-2-4-19(16)24/h1-10H,11-15H2,(H,25,28). The first-order valence-corrected chi connectivity index (χ1v) is 10.3. The Morgan fingerprint density at radius 2 is 1.72 bits per heavy atom. The van der Waals surface area contributed by atoms with Crippen LogP contribution in [0.2, 0.25) is 0 Å². The summed E-state index contributed by atoms with van der Waals surface area (Å²) in [6.07, 6.45) is 0. The molecular formula is C22H21BrFN3O2. The van der Waals surface area contributed by atoms with Crippen LogP contribution in [0.15, 0.2) is 69.8 Å². The van der Waals surface area contributed by atoms with Gasteiger partial charge in [-0.1, -0.05) is 18.2 Å². The van der Waals surface area contributed by atoms with Crippen molar-refractivity contribution in [1.29, 1.82) is 0 Å². The van der Waals surface area contributed by atoms with Crippen molar-refractivity contribution in [3.63, 3.8) is 0 Å². The van der Waals surface area contributed by atoms with Crippen LogP contribution < -0.4 is 10.2 Å². The molecule has 0 radical (unpaired) electrons. The average molecular weight is 458 g/mol. The first-order valence-electron chi connectivity index (χ1n) is 9.46. The summed E-state index contributed by atoms with van der Waals surface area (Å²) in [5.74, 6) is -0.174. The van der Waals surface area contributed by atoms with Crippen molar-refractivity contribution in [3.8, 4) is 0 Å². The van der Waals surface area contributed by atoms with Crippen LogP contribution in [0.5, 0.6) is 0 Å². The van der Waals surface area contributed by atoms with Crippen LogP contribution in [0, 0.1) is 5.82 Å². The van der Waals surface area contributed by atoms with E-state index < -0.39 is 0 Å². The number of amides is 1. The second-order valence-electron chi connectivity index (χ2n) is 6.96.